The highest BCUT2D eigenvalue weighted by atomic mass is 19.4. The molecular weight excluding hydrogens is 445 g/mol. The van der Waals surface area contributed by atoms with E-state index in [4.69, 9.17) is 9.47 Å². The molecule has 174 valence electrons. The summed E-state index contributed by atoms with van der Waals surface area (Å²) in [5, 5.41) is 0. The predicted molar refractivity (Wildman–Crippen MR) is 99.0 cm³/mol. The van der Waals surface area contributed by atoms with E-state index in [1.54, 1.807) is 0 Å². The Labute approximate surface area is 179 Å². The molecule has 3 nitrogen and oxygen atoms in total. The van der Waals surface area contributed by atoms with Crippen molar-refractivity contribution in [2.24, 2.45) is 5.92 Å². The van der Waals surface area contributed by atoms with Gasteiger partial charge in [0.1, 0.15) is 12.1 Å². The molecule has 32 heavy (non-hydrogen) atoms. The summed E-state index contributed by atoms with van der Waals surface area (Å²) in [6.07, 6.45) is -11.3. The Morgan fingerprint density at radius 2 is 1.56 bits per heavy atom. The molecule has 0 amide bonds. The molecule has 1 unspecified atom stereocenters. The van der Waals surface area contributed by atoms with Crippen molar-refractivity contribution in [1.29, 1.82) is 0 Å². The number of ether oxygens (including phenoxy) is 2. The minimum atomic E-state index is -4.99. The van der Waals surface area contributed by atoms with Gasteiger partial charge in [0.2, 0.25) is 0 Å². The number of hydrogen-bond donors (Lipinski definition) is 0. The quantitative estimate of drug-likeness (QED) is 0.386. The van der Waals surface area contributed by atoms with Crippen molar-refractivity contribution >= 4 is 6.29 Å². The summed E-state index contributed by atoms with van der Waals surface area (Å²) in [5.41, 5.74) is -2.76. The van der Waals surface area contributed by atoms with Crippen molar-refractivity contribution in [1.82, 2.24) is 0 Å². The van der Waals surface area contributed by atoms with Gasteiger partial charge in [-0.25, -0.2) is 4.39 Å². The molecule has 0 aromatic heterocycles. The van der Waals surface area contributed by atoms with Crippen LogP contribution in [-0.2, 0) is 26.6 Å². The van der Waals surface area contributed by atoms with E-state index in [1.807, 2.05) is 0 Å². The molecule has 3 rings (SSSR count). The van der Waals surface area contributed by atoms with Crippen LogP contribution in [0.3, 0.4) is 0 Å². The van der Waals surface area contributed by atoms with Crippen LogP contribution < -0.4 is 0 Å². The molecule has 0 saturated carbocycles. The highest BCUT2D eigenvalue weighted by molar-refractivity contribution is 5.56. The van der Waals surface area contributed by atoms with E-state index in [0.29, 0.717) is 30.4 Å². The summed E-state index contributed by atoms with van der Waals surface area (Å²) in [5.74, 6) is -1.81. The van der Waals surface area contributed by atoms with Gasteiger partial charge in [-0.05, 0) is 54.8 Å². The first kappa shape index (κ1) is 24.2. The summed E-state index contributed by atoms with van der Waals surface area (Å²) in [6.45, 7) is 1.40. The molecule has 0 bridgehead atoms. The molecule has 2 aromatic carbocycles. The second kappa shape index (κ2) is 9.19. The monoisotopic (exact) mass is 464 g/mol. The summed E-state index contributed by atoms with van der Waals surface area (Å²) in [7, 11) is 0. The van der Waals surface area contributed by atoms with Crippen LogP contribution in [-0.4, -0.2) is 19.2 Å². The van der Waals surface area contributed by atoms with Gasteiger partial charge < -0.3 is 14.3 Å². The predicted octanol–water partition coefficient (Wildman–Crippen LogP) is 6.29. The van der Waals surface area contributed by atoms with E-state index in [-0.39, 0.29) is 18.2 Å². The molecule has 4 atom stereocenters. The summed E-state index contributed by atoms with van der Waals surface area (Å²) < 4.78 is 104. The third-order valence-corrected chi connectivity index (χ3v) is 5.34. The fourth-order valence-corrected chi connectivity index (χ4v) is 3.66. The van der Waals surface area contributed by atoms with E-state index >= 15 is 0 Å². The van der Waals surface area contributed by atoms with Crippen LogP contribution in [0.2, 0.25) is 0 Å². The minimum Gasteiger partial charge on any atom is -0.352 e. The largest absolute Gasteiger partial charge is 0.416 e. The second-order valence-electron chi connectivity index (χ2n) is 7.52. The summed E-state index contributed by atoms with van der Waals surface area (Å²) in [4.78, 5) is 11.6. The van der Waals surface area contributed by atoms with E-state index in [1.165, 1.54) is 31.2 Å². The molecule has 0 N–H and O–H groups in total. The fraction of sp³-hybridized carbons (Fsp3) is 0.409. The van der Waals surface area contributed by atoms with E-state index in [2.05, 4.69) is 0 Å². The Morgan fingerprint density at radius 1 is 1.00 bits per heavy atom. The average molecular weight is 464 g/mol. The lowest BCUT2D eigenvalue weighted by Crippen LogP contribution is -2.38. The van der Waals surface area contributed by atoms with Gasteiger partial charge in [0, 0.05) is 11.8 Å². The number of aldehydes is 1. The van der Waals surface area contributed by atoms with Crippen LogP contribution in [0.25, 0.3) is 0 Å². The SMILES string of the molecule is CC(O[C@H]1OCC[C@H](C=O)[C@H]1c1ccc(F)cc1)c1cc(C(F)(F)F)cc(C(F)(F)F)c1. The van der Waals surface area contributed by atoms with Crippen LogP contribution in [0.4, 0.5) is 30.7 Å². The van der Waals surface area contributed by atoms with Gasteiger partial charge in [-0.15, -0.1) is 0 Å². The topological polar surface area (TPSA) is 35.5 Å². The highest BCUT2D eigenvalue weighted by Gasteiger charge is 2.39. The van der Waals surface area contributed by atoms with Gasteiger partial charge in [-0.3, -0.25) is 0 Å². The first-order valence-corrected chi connectivity index (χ1v) is 9.67. The molecule has 10 heteroatoms. The van der Waals surface area contributed by atoms with Crippen LogP contribution in [0.1, 0.15) is 47.6 Å². The van der Waals surface area contributed by atoms with Gasteiger partial charge in [-0.2, -0.15) is 26.3 Å². The molecule has 1 aliphatic rings. The molecular formula is C22H19F7O3. The van der Waals surface area contributed by atoms with Gasteiger partial charge >= 0.3 is 12.4 Å². The highest BCUT2D eigenvalue weighted by Crippen LogP contribution is 2.41. The third-order valence-electron chi connectivity index (χ3n) is 5.34. The number of carbonyl (C=O) groups is 1. The smallest absolute Gasteiger partial charge is 0.352 e. The van der Waals surface area contributed by atoms with Crippen molar-refractivity contribution in [2.45, 2.75) is 44.0 Å². The maximum absolute atomic E-state index is 13.3. The van der Waals surface area contributed by atoms with Crippen molar-refractivity contribution in [3.05, 3.63) is 70.5 Å². The van der Waals surface area contributed by atoms with Gasteiger partial charge in [0.05, 0.1) is 23.8 Å². The van der Waals surface area contributed by atoms with Crippen molar-refractivity contribution in [3.8, 4) is 0 Å². The lowest BCUT2D eigenvalue weighted by Gasteiger charge is -2.37. The van der Waals surface area contributed by atoms with Gasteiger partial charge in [-0.1, -0.05) is 12.1 Å². The zero-order valence-electron chi connectivity index (χ0n) is 16.7. The number of carbonyl (C=O) groups excluding carboxylic acids is 1. The maximum atomic E-state index is 13.3. The molecule has 1 fully saturated rings. The second-order valence-corrected chi connectivity index (χ2v) is 7.52. The minimum absolute atomic E-state index is 0.0388. The third kappa shape index (κ3) is 5.47. The van der Waals surface area contributed by atoms with E-state index < -0.39 is 53.5 Å². The molecule has 0 aliphatic carbocycles. The first-order valence-electron chi connectivity index (χ1n) is 9.67. The van der Waals surface area contributed by atoms with Crippen molar-refractivity contribution in [2.75, 3.05) is 6.61 Å². The number of benzene rings is 2. The van der Waals surface area contributed by atoms with Gasteiger partial charge in [0.25, 0.3) is 0 Å². The van der Waals surface area contributed by atoms with E-state index in [0.717, 1.165) is 0 Å². The van der Waals surface area contributed by atoms with Crippen LogP contribution >= 0.6 is 0 Å². The molecule has 0 spiro atoms. The van der Waals surface area contributed by atoms with Crippen molar-refractivity contribution in [3.63, 3.8) is 0 Å². The Kier molecular flexibility index (Phi) is 6.94. The van der Waals surface area contributed by atoms with Gasteiger partial charge in [0.15, 0.2) is 6.29 Å². The normalized spacial score (nSPS) is 23.1. The summed E-state index contributed by atoms with van der Waals surface area (Å²) in [6, 6.07) is 6.43. The molecule has 1 heterocycles. The first-order chi connectivity index (χ1) is 14.9. The average Bonchev–Trinajstić information content (AvgIpc) is 2.72. The Balaban J connectivity index is 1.94. The standard InChI is InChI=1S/C22H19F7O3/c1-12(15-8-16(21(24,25)26)10-17(9-15)22(27,28)29)32-20-19(14(11-30)6-7-31-20)13-2-4-18(23)5-3-13/h2-5,8-12,14,19-20H,6-7H2,1H3/t12?,14-,19-,20-/m1/s1. The Morgan fingerprint density at radius 3 is 2.06 bits per heavy atom. The molecule has 2 aromatic rings. The number of halogens is 7. The fourth-order valence-electron chi connectivity index (χ4n) is 3.66. The van der Waals surface area contributed by atoms with Crippen LogP contribution in [0.5, 0.6) is 0 Å². The zero-order chi connectivity index (χ0) is 23.7. The Hall–Kier alpha value is -2.46. The van der Waals surface area contributed by atoms with Crippen LogP contribution in [0.15, 0.2) is 42.5 Å². The maximum Gasteiger partial charge on any atom is 0.416 e. The van der Waals surface area contributed by atoms with Crippen LogP contribution in [0, 0.1) is 11.7 Å². The van der Waals surface area contributed by atoms with E-state index in [9.17, 15) is 35.5 Å². The molecule has 1 saturated heterocycles. The zero-order valence-corrected chi connectivity index (χ0v) is 16.7. The molecule has 0 radical (unpaired) electrons. The molecule has 1 aliphatic heterocycles. The number of hydrogen-bond acceptors (Lipinski definition) is 3. The Bertz CT molecular complexity index is 906. The number of rotatable bonds is 5. The lowest BCUT2D eigenvalue weighted by molar-refractivity contribution is -0.207. The lowest BCUT2D eigenvalue weighted by atomic mass is 9.82. The summed E-state index contributed by atoms with van der Waals surface area (Å²) >= 11 is 0. The van der Waals surface area contributed by atoms with Crippen molar-refractivity contribution < 1.29 is 45.0 Å². The number of alkyl halides is 6.